The van der Waals surface area contributed by atoms with Gasteiger partial charge in [0.2, 0.25) is 0 Å². The first-order chi connectivity index (χ1) is 58.5. The van der Waals surface area contributed by atoms with Gasteiger partial charge >= 0.3 is 0 Å². The smallest absolute Gasteiger partial charge is 0.167 e. The molecule has 118 heavy (non-hydrogen) atoms. The van der Waals surface area contributed by atoms with Gasteiger partial charge < -0.3 is 8.83 Å². The lowest BCUT2D eigenvalue weighted by Gasteiger charge is -2.20. The summed E-state index contributed by atoms with van der Waals surface area (Å²) in [6.45, 7) is 0. The van der Waals surface area contributed by atoms with Gasteiger partial charge in [0.25, 0.3) is 0 Å². The van der Waals surface area contributed by atoms with E-state index in [0.29, 0.717) is 51.7 Å². The normalized spacial score (nSPS) is 11.7. The van der Waals surface area contributed by atoms with E-state index in [9.17, 15) is 0 Å². The van der Waals surface area contributed by atoms with Crippen molar-refractivity contribution in [3.63, 3.8) is 0 Å². The number of fused-ring (bicyclic) bond motifs is 11. The Bertz CT molecular complexity index is 7900. The first kappa shape index (κ1) is 67.8. The molecule has 0 unspecified atom stereocenters. The van der Waals surface area contributed by atoms with Gasteiger partial charge in [0.15, 0.2) is 34.9 Å². The molecule has 0 fully saturated rings. The summed E-state index contributed by atoms with van der Waals surface area (Å²) in [6, 6.07) is 142. The van der Waals surface area contributed by atoms with E-state index < -0.39 is 0 Å². The zero-order valence-electron chi connectivity index (χ0n) is 63.6. The molecule has 0 amide bonds. The van der Waals surface area contributed by atoms with E-state index in [-0.39, 0.29) is 0 Å². The zero-order valence-corrected chi connectivity index (χ0v) is 63.6. The van der Waals surface area contributed by atoms with Crippen LogP contribution >= 0.6 is 0 Å². The second-order valence-corrected chi connectivity index (χ2v) is 30.2. The van der Waals surface area contributed by atoms with Crippen LogP contribution in [0, 0.1) is 0 Å². The molecule has 0 aliphatic rings. The summed E-state index contributed by atoms with van der Waals surface area (Å²) < 4.78 is 13.8. The number of rotatable bonds is 13. The standard InChI is InChI=1S/C110H66N6O2/c1-4-30-67(31-5-1)77-42-10-13-47-83(77)101-88-52-18-14-48-84(88)99(85-49-15-19-53-89(85)101)71-37-27-40-74(63-71)107-111-105(69-34-8-3-9-35-69)113-110(116-107)96-66-76(65-95-82-46-23-25-59-98(82)118-104(95)96)70-36-26-39-73(62-70)106-112-108(115-109(114-106)94-57-29-56-93-81-45-22-24-58-97(81)117-103(93)94)75-41-28-38-72(64-75)100-86-50-16-20-54-90(86)102(91-55-21-17-51-87(91)100)92-61-60-78(68-32-6-2-7-33-68)79-43-11-12-44-80(79)92/h1-66H. The van der Waals surface area contributed by atoms with Crippen molar-refractivity contribution in [3.8, 4) is 146 Å². The molecule has 0 aliphatic heterocycles. The maximum absolute atomic E-state index is 7.00. The van der Waals surface area contributed by atoms with Crippen LogP contribution in [0.4, 0.5) is 0 Å². The summed E-state index contributed by atoms with van der Waals surface area (Å²) in [4.78, 5) is 32.9. The predicted octanol–water partition coefficient (Wildman–Crippen LogP) is 29.3. The minimum atomic E-state index is 0.460. The minimum absolute atomic E-state index is 0.460. The molecule has 4 heterocycles. The van der Waals surface area contributed by atoms with E-state index in [1.165, 1.54) is 55.3 Å². The third-order valence-corrected chi connectivity index (χ3v) is 23.4. The zero-order chi connectivity index (χ0) is 77.7. The Hall–Kier alpha value is -15.9. The van der Waals surface area contributed by atoms with Gasteiger partial charge in [-0.2, -0.15) is 0 Å². The summed E-state index contributed by atoms with van der Waals surface area (Å²) in [5, 5.41) is 15.5. The molecule has 0 aliphatic carbocycles. The number of furan rings is 2. The van der Waals surface area contributed by atoms with E-state index in [2.05, 4.69) is 346 Å². The van der Waals surface area contributed by atoms with Crippen molar-refractivity contribution in [2.45, 2.75) is 0 Å². The molecule has 23 rings (SSSR count). The molecule has 0 spiro atoms. The van der Waals surface area contributed by atoms with Crippen molar-refractivity contribution >= 4 is 97.7 Å². The molecule has 0 atom stereocenters. The van der Waals surface area contributed by atoms with Crippen molar-refractivity contribution in [1.82, 2.24) is 29.9 Å². The fourth-order valence-corrected chi connectivity index (χ4v) is 18.1. The lowest BCUT2D eigenvalue weighted by Crippen LogP contribution is -2.01. The molecule has 0 bridgehead atoms. The van der Waals surface area contributed by atoms with Crippen LogP contribution in [0.3, 0.4) is 0 Å². The lowest BCUT2D eigenvalue weighted by atomic mass is 9.83. The molecular formula is C110H66N6O2. The van der Waals surface area contributed by atoms with Crippen LogP contribution in [-0.2, 0) is 0 Å². The van der Waals surface area contributed by atoms with Gasteiger partial charge in [-0.3, -0.25) is 0 Å². The summed E-state index contributed by atoms with van der Waals surface area (Å²) in [6.07, 6.45) is 0. The minimum Gasteiger partial charge on any atom is -0.455 e. The van der Waals surface area contributed by atoms with Crippen LogP contribution in [-0.4, -0.2) is 29.9 Å². The van der Waals surface area contributed by atoms with Crippen molar-refractivity contribution in [3.05, 3.63) is 400 Å². The fourth-order valence-electron chi connectivity index (χ4n) is 18.1. The highest BCUT2D eigenvalue weighted by Crippen LogP contribution is 2.51. The van der Waals surface area contributed by atoms with E-state index in [1.807, 2.05) is 54.6 Å². The Labute approximate surface area is 678 Å². The van der Waals surface area contributed by atoms with Crippen LogP contribution in [0.1, 0.15) is 0 Å². The van der Waals surface area contributed by atoms with Crippen molar-refractivity contribution in [1.29, 1.82) is 0 Å². The number of hydrogen-bond acceptors (Lipinski definition) is 8. The van der Waals surface area contributed by atoms with E-state index in [1.54, 1.807) is 0 Å². The Balaban J connectivity index is 0.676. The Kier molecular flexibility index (Phi) is 16.1. The van der Waals surface area contributed by atoms with Crippen molar-refractivity contribution < 1.29 is 8.83 Å². The quantitative estimate of drug-likeness (QED) is 0.105. The van der Waals surface area contributed by atoms with Gasteiger partial charge in [0.05, 0.1) is 11.1 Å². The van der Waals surface area contributed by atoms with E-state index >= 15 is 0 Å². The Morgan fingerprint density at radius 2 is 0.441 bits per heavy atom. The number of aromatic nitrogens is 6. The van der Waals surface area contributed by atoms with Crippen LogP contribution in [0.2, 0.25) is 0 Å². The second-order valence-electron chi connectivity index (χ2n) is 30.2. The van der Waals surface area contributed by atoms with Crippen LogP contribution < -0.4 is 0 Å². The summed E-state index contributed by atoms with van der Waals surface area (Å²) in [5.74, 6) is 2.98. The summed E-state index contributed by atoms with van der Waals surface area (Å²) in [5.41, 5.74) is 23.3. The molecule has 0 N–H and O–H groups in total. The molecule has 548 valence electrons. The molecule has 0 saturated heterocycles. The molecule has 4 aromatic heterocycles. The highest BCUT2D eigenvalue weighted by Gasteiger charge is 2.27. The van der Waals surface area contributed by atoms with Crippen LogP contribution in [0.15, 0.2) is 409 Å². The van der Waals surface area contributed by atoms with Gasteiger partial charge in [0.1, 0.15) is 22.3 Å². The number of nitrogens with zero attached hydrogens (tertiary/aromatic N) is 6. The Morgan fingerprint density at radius 1 is 0.136 bits per heavy atom. The van der Waals surface area contributed by atoms with Crippen LogP contribution in [0.25, 0.3) is 244 Å². The van der Waals surface area contributed by atoms with Gasteiger partial charge in [-0.15, -0.1) is 0 Å². The Morgan fingerprint density at radius 3 is 0.949 bits per heavy atom. The van der Waals surface area contributed by atoms with Gasteiger partial charge in [-0.25, -0.2) is 29.9 Å². The molecule has 0 radical (unpaired) electrons. The topological polar surface area (TPSA) is 104 Å². The highest BCUT2D eigenvalue weighted by molar-refractivity contribution is 6.26. The average molecular weight is 1500 g/mol. The lowest BCUT2D eigenvalue weighted by molar-refractivity contribution is 0.669. The fraction of sp³-hybridized carbons (Fsp3) is 0. The van der Waals surface area contributed by atoms with Crippen molar-refractivity contribution in [2.75, 3.05) is 0 Å². The van der Waals surface area contributed by atoms with Crippen LogP contribution in [0.5, 0.6) is 0 Å². The predicted molar refractivity (Wildman–Crippen MR) is 486 cm³/mol. The van der Waals surface area contributed by atoms with Gasteiger partial charge in [-0.05, 0) is 180 Å². The molecule has 19 aromatic carbocycles. The molecule has 0 saturated carbocycles. The first-order valence-corrected chi connectivity index (χ1v) is 39.9. The number of hydrogen-bond donors (Lipinski definition) is 0. The van der Waals surface area contributed by atoms with Gasteiger partial charge in [0, 0.05) is 43.8 Å². The van der Waals surface area contributed by atoms with Gasteiger partial charge in [-0.1, -0.05) is 352 Å². The largest absolute Gasteiger partial charge is 0.455 e. The monoisotopic (exact) mass is 1500 g/mol. The summed E-state index contributed by atoms with van der Waals surface area (Å²) in [7, 11) is 0. The number of para-hydroxylation sites is 3. The molecule has 23 aromatic rings. The third-order valence-electron chi connectivity index (χ3n) is 23.4. The third kappa shape index (κ3) is 11.4. The molecule has 8 nitrogen and oxygen atoms in total. The maximum Gasteiger partial charge on any atom is 0.167 e. The summed E-state index contributed by atoms with van der Waals surface area (Å²) >= 11 is 0. The number of benzene rings is 19. The first-order valence-electron chi connectivity index (χ1n) is 39.9. The highest BCUT2D eigenvalue weighted by atomic mass is 16.3. The SMILES string of the molecule is c1ccc(-c2nc(-c3cccc(-c4c5ccccc5c(-c5ccccc5-c5ccccc5)c5ccccc45)c3)nc(-c3cc(-c4cccc(-c5nc(-c6cccc(-c7c8ccccc8c(-c8ccc(-c9ccccc9)c9ccccc89)c8ccccc78)c6)nc(-c6cccc7c6oc6ccccc67)n5)c4)cc4c3oc3ccccc34)n2)cc1. The van der Waals surface area contributed by atoms with E-state index in [0.717, 1.165) is 137 Å². The van der Waals surface area contributed by atoms with E-state index in [4.69, 9.17) is 38.7 Å². The average Bonchev–Trinajstić information content (AvgIpc) is 1.01. The molecule has 8 heteroatoms. The molecular weight excluding hydrogens is 1440 g/mol. The maximum atomic E-state index is 7.00. The van der Waals surface area contributed by atoms with Crippen molar-refractivity contribution in [2.24, 2.45) is 0 Å². The second kappa shape index (κ2) is 28.0.